The van der Waals surface area contributed by atoms with Crippen LogP contribution in [0.2, 0.25) is 0 Å². The Morgan fingerprint density at radius 1 is 1.27 bits per heavy atom. The number of thioether (sulfide) groups is 1. The van der Waals surface area contributed by atoms with Gasteiger partial charge in [-0.1, -0.05) is 35.2 Å². The van der Waals surface area contributed by atoms with Gasteiger partial charge in [-0.3, -0.25) is 4.79 Å². The fraction of sp³-hybridized carbons (Fsp3) is 0.450. The number of rotatable bonds is 7. The molecule has 1 aromatic carbocycles. The molecule has 0 radical (unpaired) electrons. The Morgan fingerprint density at radius 3 is 2.80 bits per heavy atom. The fourth-order valence-electron chi connectivity index (χ4n) is 3.87. The number of hydrogen-bond acceptors (Lipinski definition) is 7. The summed E-state index contributed by atoms with van der Waals surface area (Å²) in [4.78, 5) is 12.9. The highest BCUT2D eigenvalue weighted by molar-refractivity contribution is 8.01. The van der Waals surface area contributed by atoms with Crippen molar-refractivity contribution in [2.75, 3.05) is 24.2 Å². The second-order valence-corrected chi connectivity index (χ2v) is 11.6. The van der Waals surface area contributed by atoms with Crippen LogP contribution in [-0.2, 0) is 27.7 Å². The van der Waals surface area contributed by atoms with Gasteiger partial charge < -0.3 is 5.32 Å². The van der Waals surface area contributed by atoms with E-state index in [0.29, 0.717) is 36.0 Å². The molecule has 0 unspecified atom stereocenters. The van der Waals surface area contributed by atoms with Crippen LogP contribution >= 0.6 is 23.1 Å². The number of benzene rings is 1. The number of amides is 1. The van der Waals surface area contributed by atoms with Gasteiger partial charge in [0, 0.05) is 24.8 Å². The highest BCUT2D eigenvalue weighted by atomic mass is 32.2. The van der Waals surface area contributed by atoms with E-state index >= 15 is 0 Å². The number of nitrogens with zero attached hydrogens (tertiary/aromatic N) is 3. The van der Waals surface area contributed by atoms with Crippen LogP contribution in [0.25, 0.3) is 0 Å². The molecule has 0 bridgehead atoms. The van der Waals surface area contributed by atoms with Crippen LogP contribution < -0.4 is 5.32 Å². The number of sulfonamides is 1. The summed E-state index contributed by atoms with van der Waals surface area (Å²) in [5, 5.41) is 11.3. The summed E-state index contributed by atoms with van der Waals surface area (Å²) >= 11 is 2.85. The summed E-state index contributed by atoms with van der Waals surface area (Å²) < 4.78 is 28.4. The summed E-state index contributed by atoms with van der Waals surface area (Å²) in [6.07, 6.45) is 5.83. The van der Waals surface area contributed by atoms with E-state index < -0.39 is 10.0 Å². The van der Waals surface area contributed by atoms with Gasteiger partial charge in [0.05, 0.1) is 4.90 Å². The van der Waals surface area contributed by atoms with E-state index in [-0.39, 0.29) is 11.8 Å². The normalized spacial score (nSPS) is 17.6. The maximum absolute atomic E-state index is 13.0. The predicted octanol–water partition coefficient (Wildman–Crippen LogP) is 3.34. The number of carbonyl (C=O) groups excluding carboxylic acids is 1. The number of hydrogen-bond donors (Lipinski definition) is 1. The Labute approximate surface area is 185 Å². The minimum absolute atomic E-state index is 0.124. The van der Waals surface area contributed by atoms with Crippen molar-refractivity contribution in [3.05, 3.63) is 42.0 Å². The third kappa shape index (κ3) is 4.61. The maximum atomic E-state index is 13.0. The van der Waals surface area contributed by atoms with Gasteiger partial charge in [0.1, 0.15) is 0 Å². The van der Waals surface area contributed by atoms with Gasteiger partial charge in [0.2, 0.25) is 21.1 Å². The standard InChI is InChI=1S/C20H24N4O3S3/c1-2-12-28-20-23-22-19(29-20)21-18(25)15-8-10-24(11-9-15)30(26,27)17-7-6-14-4-3-5-16(14)13-17/h2,6-7,13,15H,1,3-5,8-12H2,(H,21,22,25). The molecule has 1 aromatic heterocycles. The molecule has 0 spiro atoms. The van der Waals surface area contributed by atoms with E-state index in [1.807, 2.05) is 12.1 Å². The van der Waals surface area contributed by atoms with Crippen molar-refractivity contribution in [3.63, 3.8) is 0 Å². The van der Waals surface area contributed by atoms with Gasteiger partial charge in [0.15, 0.2) is 4.34 Å². The second kappa shape index (κ2) is 9.17. The van der Waals surface area contributed by atoms with E-state index in [2.05, 4.69) is 22.1 Å². The van der Waals surface area contributed by atoms with Crippen molar-refractivity contribution < 1.29 is 13.2 Å². The molecule has 4 rings (SSSR count). The molecule has 2 heterocycles. The summed E-state index contributed by atoms with van der Waals surface area (Å²) in [5.74, 6) is 0.380. The minimum atomic E-state index is -3.53. The van der Waals surface area contributed by atoms with Gasteiger partial charge in [-0.05, 0) is 55.4 Å². The summed E-state index contributed by atoms with van der Waals surface area (Å²) in [6, 6.07) is 5.49. The molecule has 1 fully saturated rings. The SMILES string of the molecule is C=CCSc1nnc(NC(=O)C2CCN(S(=O)(=O)c3ccc4c(c3)CCC4)CC2)s1. The molecule has 7 nitrogen and oxygen atoms in total. The van der Waals surface area contributed by atoms with Crippen LogP contribution in [0.1, 0.15) is 30.4 Å². The summed E-state index contributed by atoms with van der Waals surface area (Å²) in [7, 11) is -3.53. The van der Waals surface area contributed by atoms with Gasteiger partial charge >= 0.3 is 0 Å². The number of aromatic nitrogens is 2. The molecule has 30 heavy (non-hydrogen) atoms. The van der Waals surface area contributed by atoms with Gasteiger partial charge in [0.25, 0.3) is 0 Å². The van der Waals surface area contributed by atoms with Gasteiger partial charge in [-0.15, -0.1) is 16.8 Å². The molecule has 1 N–H and O–H groups in total. The first-order valence-corrected chi connectivity index (χ1v) is 13.2. The molecule has 0 atom stereocenters. The highest BCUT2D eigenvalue weighted by Crippen LogP contribution is 2.30. The van der Waals surface area contributed by atoms with Crippen LogP contribution in [0.4, 0.5) is 5.13 Å². The Hall–Kier alpha value is -1.75. The van der Waals surface area contributed by atoms with E-state index in [1.165, 1.54) is 33.0 Å². The third-order valence-corrected chi connectivity index (χ3v) is 9.36. The van der Waals surface area contributed by atoms with Crippen LogP contribution in [-0.4, -0.2) is 47.7 Å². The second-order valence-electron chi connectivity index (χ2n) is 7.42. The molecule has 1 aliphatic heterocycles. The van der Waals surface area contributed by atoms with Crippen molar-refractivity contribution in [1.82, 2.24) is 14.5 Å². The van der Waals surface area contributed by atoms with E-state index in [9.17, 15) is 13.2 Å². The molecular formula is C20H24N4O3S3. The Balaban J connectivity index is 1.34. The molecule has 2 aromatic rings. The number of fused-ring (bicyclic) bond motifs is 1. The van der Waals surface area contributed by atoms with Gasteiger partial charge in [-0.25, -0.2) is 8.42 Å². The monoisotopic (exact) mass is 464 g/mol. The topological polar surface area (TPSA) is 92.3 Å². The van der Waals surface area contributed by atoms with E-state index in [0.717, 1.165) is 34.9 Å². The Kier molecular flexibility index (Phi) is 6.57. The summed E-state index contributed by atoms with van der Waals surface area (Å²) in [6.45, 7) is 4.35. The molecule has 1 amide bonds. The average Bonchev–Trinajstić information content (AvgIpc) is 3.41. The van der Waals surface area contributed by atoms with Gasteiger partial charge in [-0.2, -0.15) is 4.31 Å². The van der Waals surface area contributed by atoms with Crippen molar-refractivity contribution in [2.45, 2.75) is 41.3 Å². The Bertz CT molecular complexity index is 1040. The Morgan fingerprint density at radius 2 is 2.03 bits per heavy atom. The first-order valence-electron chi connectivity index (χ1n) is 9.97. The number of carbonyl (C=O) groups is 1. The van der Waals surface area contributed by atoms with Crippen molar-refractivity contribution in [3.8, 4) is 0 Å². The lowest BCUT2D eigenvalue weighted by Gasteiger charge is -2.30. The molecule has 0 saturated carbocycles. The minimum Gasteiger partial charge on any atom is -0.300 e. The highest BCUT2D eigenvalue weighted by Gasteiger charge is 2.33. The van der Waals surface area contributed by atoms with Crippen LogP contribution in [0, 0.1) is 5.92 Å². The lowest BCUT2D eigenvalue weighted by Crippen LogP contribution is -2.41. The van der Waals surface area contributed by atoms with E-state index in [4.69, 9.17) is 0 Å². The first-order chi connectivity index (χ1) is 14.5. The zero-order valence-electron chi connectivity index (χ0n) is 16.5. The van der Waals surface area contributed by atoms with Crippen LogP contribution in [0.5, 0.6) is 0 Å². The first kappa shape index (κ1) is 21.5. The quantitative estimate of drug-likeness (QED) is 0.384. The van der Waals surface area contributed by atoms with E-state index in [1.54, 1.807) is 12.1 Å². The molecule has 2 aliphatic rings. The van der Waals surface area contributed by atoms with Crippen molar-refractivity contribution in [2.24, 2.45) is 5.92 Å². The van der Waals surface area contributed by atoms with Crippen molar-refractivity contribution in [1.29, 1.82) is 0 Å². The number of aryl methyl sites for hydroxylation is 2. The summed E-state index contributed by atoms with van der Waals surface area (Å²) in [5.41, 5.74) is 2.40. The number of anilines is 1. The van der Waals surface area contributed by atoms with Crippen LogP contribution in [0.15, 0.2) is 40.1 Å². The maximum Gasteiger partial charge on any atom is 0.243 e. The molecule has 10 heteroatoms. The fourth-order valence-corrected chi connectivity index (χ4v) is 6.91. The predicted molar refractivity (Wildman–Crippen MR) is 119 cm³/mol. The smallest absolute Gasteiger partial charge is 0.243 e. The average molecular weight is 465 g/mol. The largest absolute Gasteiger partial charge is 0.300 e. The lowest BCUT2D eigenvalue weighted by atomic mass is 9.97. The third-order valence-electron chi connectivity index (χ3n) is 5.49. The molecule has 160 valence electrons. The zero-order valence-corrected chi connectivity index (χ0v) is 19.0. The van der Waals surface area contributed by atoms with Crippen LogP contribution in [0.3, 0.4) is 0 Å². The van der Waals surface area contributed by atoms with Crippen molar-refractivity contribution >= 4 is 44.2 Å². The molecular weight excluding hydrogens is 440 g/mol. The molecule has 1 saturated heterocycles. The number of piperidine rings is 1. The lowest BCUT2D eigenvalue weighted by molar-refractivity contribution is -0.120. The zero-order chi connectivity index (χ0) is 21.1. The number of nitrogens with one attached hydrogen (secondary N) is 1. The molecule has 1 aliphatic carbocycles.